The number of rotatable bonds is 3. The highest BCUT2D eigenvalue weighted by Crippen LogP contribution is 2.37. The number of halogens is 1. The first-order valence-corrected chi connectivity index (χ1v) is 6.97. The number of hydrogen-bond acceptors (Lipinski definition) is 3. The van der Waals surface area contributed by atoms with E-state index in [2.05, 4.69) is 29.8 Å². The van der Waals surface area contributed by atoms with E-state index < -0.39 is 0 Å². The molecule has 1 aliphatic heterocycles. The molecule has 0 amide bonds. The van der Waals surface area contributed by atoms with E-state index in [1.54, 1.807) is 7.11 Å². The summed E-state index contributed by atoms with van der Waals surface area (Å²) < 4.78 is 12.5. The van der Waals surface area contributed by atoms with E-state index >= 15 is 0 Å². The lowest BCUT2D eigenvalue weighted by molar-refractivity contribution is -0.0194. The zero-order valence-electron chi connectivity index (χ0n) is 11.1. The highest BCUT2D eigenvalue weighted by molar-refractivity contribution is 9.10. The Morgan fingerprint density at radius 2 is 2.22 bits per heavy atom. The first-order chi connectivity index (χ1) is 8.41. The van der Waals surface area contributed by atoms with Crippen LogP contribution in [0, 0.1) is 0 Å². The Balaban J connectivity index is 2.17. The molecule has 2 atom stereocenters. The third-order valence-electron chi connectivity index (χ3n) is 3.46. The molecule has 1 aliphatic rings. The van der Waals surface area contributed by atoms with Crippen molar-refractivity contribution in [3.05, 3.63) is 28.2 Å². The topological polar surface area (TPSA) is 44.5 Å². The Hall–Kier alpha value is -0.580. The number of ether oxygens (including phenoxy) is 2. The fourth-order valence-electron chi connectivity index (χ4n) is 2.31. The number of nitrogens with two attached hydrogens (primary N) is 1. The maximum atomic E-state index is 6.21. The molecule has 2 rings (SSSR count). The van der Waals surface area contributed by atoms with Gasteiger partial charge < -0.3 is 15.2 Å². The number of fused-ring (bicyclic) bond motifs is 1. The van der Waals surface area contributed by atoms with E-state index in [1.807, 2.05) is 18.2 Å². The van der Waals surface area contributed by atoms with E-state index in [1.165, 1.54) is 0 Å². The van der Waals surface area contributed by atoms with Crippen molar-refractivity contribution < 1.29 is 9.47 Å². The summed E-state index contributed by atoms with van der Waals surface area (Å²) in [5.41, 5.74) is 7.11. The summed E-state index contributed by atoms with van der Waals surface area (Å²) in [7, 11) is 1.73. The van der Waals surface area contributed by atoms with Crippen LogP contribution in [0.2, 0.25) is 0 Å². The Bertz CT molecular complexity index is 434. The van der Waals surface area contributed by atoms with Crippen molar-refractivity contribution in [2.45, 2.75) is 44.4 Å². The minimum absolute atomic E-state index is 0.0412. The summed E-state index contributed by atoms with van der Waals surface area (Å²) in [6.07, 6.45) is 1.78. The van der Waals surface area contributed by atoms with Gasteiger partial charge in [0, 0.05) is 36.0 Å². The average Bonchev–Trinajstić information content (AvgIpc) is 2.27. The molecule has 0 bridgehead atoms. The average molecular weight is 314 g/mol. The van der Waals surface area contributed by atoms with Gasteiger partial charge >= 0.3 is 0 Å². The maximum absolute atomic E-state index is 6.21. The van der Waals surface area contributed by atoms with Crippen LogP contribution < -0.4 is 10.5 Å². The van der Waals surface area contributed by atoms with E-state index in [4.69, 9.17) is 15.2 Å². The highest BCUT2D eigenvalue weighted by atomic mass is 79.9. The molecule has 2 N–H and O–H groups in total. The van der Waals surface area contributed by atoms with Crippen LogP contribution in [0.1, 0.15) is 38.3 Å². The predicted octanol–water partition coefficient (Wildman–Crippen LogP) is 3.42. The molecule has 0 spiro atoms. The lowest BCUT2D eigenvalue weighted by Gasteiger charge is -2.34. The minimum Gasteiger partial charge on any atom is -0.490 e. The van der Waals surface area contributed by atoms with Gasteiger partial charge in [0.15, 0.2) is 0 Å². The highest BCUT2D eigenvalue weighted by Gasteiger charge is 2.31. The quantitative estimate of drug-likeness (QED) is 0.930. The Morgan fingerprint density at radius 1 is 1.50 bits per heavy atom. The second-order valence-electron chi connectivity index (χ2n) is 5.43. The van der Waals surface area contributed by atoms with Gasteiger partial charge in [-0.25, -0.2) is 0 Å². The molecule has 100 valence electrons. The third-order valence-corrected chi connectivity index (χ3v) is 3.95. The molecule has 4 heteroatoms. The van der Waals surface area contributed by atoms with Gasteiger partial charge in [0.1, 0.15) is 11.9 Å². The second-order valence-corrected chi connectivity index (χ2v) is 6.35. The molecule has 1 unspecified atom stereocenters. The van der Waals surface area contributed by atoms with Gasteiger partial charge in [-0.1, -0.05) is 22.0 Å². The third kappa shape index (κ3) is 3.05. The lowest BCUT2D eigenvalue weighted by Crippen LogP contribution is -2.36. The largest absolute Gasteiger partial charge is 0.490 e. The maximum Gasteiger partial charge on any atom is 0.125 e. The van der Waals surface area contributed by atoms with E-state index in [0.29, 0.717) is 0 Å². The normalized spacial score (nSPS) is 23.4. The van der Waals surface area contributed by atoms with Gasteiger partial charge in [-0.2, -0.15) is 0 Å². The van der Waals surface area contributed by atoms with Crippen LogP contribution in [-0.2, 0) is 4.74 Å². The Kier molecular flexibility index (Phi) is 3.99. The fraction of sp³-hybridized carbons (Fsp3) is 0.571. The van der Waals surface area contributed by atoms with Crippen molar-refractivity contribution in [1.82, 2.24) is 0 Å². The van der Waals surface area contributed by atoms with Gasteiger partial charge in [0.2, 0.25) is 0 Å². The van der Waals surface area contributed by atoms with E-state index in [9.17, 15) is 0 Å². The van der Waals surface area contributed by atoms with Gasteiger partial charge in [-0.05, 0) is 26.0 Å². The first kappa shape index (κ1) is 13.8. The molecule has 18 heavy (non-hydrogen) atoms. The predicted molar refractivity (Wildman–Crippen MR) is 75.8 cm³/mol. The summed E-state index contributed by atoms with van der Waals surface area (Å²) in [4.78, 5) is 0. The molecule has 1 aromatic carbocycles. The SMILES string of the molecule is COC(C)(C)CC1C[C@H](N)c2ccc(Br)cc2O1. The molecule has 0 aromatic heterocycles. The number of hydrogen-bond donors (Lipinski definition) is 1. The summed E-state index contributed by atoms with van der Waals surface area (Å²) in [5, 5.41) is 0. The van der Waals surface area contributed by atoms with Crippen molar-refractivity contribution in [3.8, 4) is 5.75 Å². The number of benzene rings is 1. The monoisotopic (exact) mass is 313 g/mol. The smallest absolute Gasteiger partial charge is 0.125 e. The molecule has 0 fully saturated rings. The molecule has 0 aliphatic carbocycles. The minimum atomic E-state index is -0.187. The Morgan fingerprint density at radius 3 is 2.89 bits per heavy atom. The van der Waals surface area contributed by atoms with Gasteiger partial charge in [0.05, 0.1) is 5.60 Å². The van der Waals surface area contributed by atoms with Crippen LogP contribution in [0.15, 0.2) is 22.7 Å². The molecule has 0 saturated carbocycles. The van der Waals surface area contributed by atoms with Crippen LogP contribution in [0.4, 0.5) is 0 Å². The summed E-state index contributed by atoms with van der Waals surface area (Å²) >= 11 is 3.46. The van der Waals surface area contributed by atoms with Crippen LogP contribution >= 0.6 is 15.9 Å². The molecular weight excluding hydrogens is 294 g/mol. The molecule has 1 aromatic rings. The van der Waals surface area contributed by atoms with E-state index in [0.717, 1.165) is 28.6 Å². The van der Waals surface area contributed by atoms with Crippen LogP contribution in [-0.4, -0.2) is 18.8 Å². The number of methoxy groups -OCH3 is 1. The molecule has 0 radical (unpaired) electrons. The van der Waals surface area contributed by atoms with E-state index in [-0.39, 0.29) is 17.7 Å². The van der Waals surface area contributed by atoms with Crippen molar-refractivity contribution in [2.24, 2.45) is 5.73 Å². The second kappa shape index (κ2) is 5.19. The van der Waals surface area contributed by atoms with Crippen LogP contribution in [0.25, 0.3) is 0 Å². The lowest BCUT2D eigenvalue weighted by atomic mass is 9.91. The van der Waals surface area contributed by atoms with Crippen molar-refractivity contribution in [2.75, 3.05) is 7.11 Å². The van der Waals surface area contributed by atoms with Gasteiger partial charge in [-0.15, -0.1) is 0 Å². The van der Waals surface area contributed by atoms with Gasteiger partial charge in [0.25, 0.3) is 0 Å². The van der Waals surface area contributed by atoms with Crippen molar-refractivity contribution in [1.29, 1.82) is 0 Å². The molecule has 0 saturated heterocycles. The summed E-state index contributed by atoms with van der Waals surface area (Å²) in [6.45, 7) is 4.14. The first-order valence-electron chi connectivity index (χ1n) is 6.18. The van der Waals surface area contributed by atoms with Crippen molar-refractivity contribution in [3.63, 3.8) is 0 Å². The zero-order chi connectivity index (χ0) is 13.3. The van der Waals surface area contributed by atoms with Crippen LogP contribution in [0.3, 0.4) is 0 Å². The summed E-state index contributed by atoms with van der Waals surface area (Å²) in [6, 6.07) is 6.06. The van der Waals surface area contributed by atoms with Crippen molar-refractivity contribution >= 4 is 15.9 Å². The molecule has 1 heterocycles. The van der Waals surface area contributed by atoms with Crippen LogP contribution in [0.5, 0.6) is 5.75 Å². The van der Waals surface area contributed by atoms with Gasteiger partial charge in [-0.3, -0.25) is 0 Å². The zero-order valence-corrected chi connectivity index (χ0v) is 12.7. The standard InChI is InChI=1S/C14H20BrNO2/c1-14(2,17-3)8-10-7-12(16)11-5-4-9(15)6-13(11)18-10/h4-6,10,12H,7-8,16H2,1-3H3/t10?,12-/m0/s1. The molecular formula is C14H20BrNO2. The fourth-order valence-corrected chi connectivity index (χ4v) is 2.65. The summed E-state index contributed by atoms with van der Waals surface area (Å²) in [5.74, 6) is 0.889. The molecule has 3 nitrogen and oxygen atoms in total. The Labute approximate surface area is 117 Å².